The first-order valence-electron chi connectivity index (χ1n) is 8.64. The maximum atomic E-state index is 10.3. The van der Waals surface area contributed by atoms with E-state index in [9.17, 15) is 4.79 Å². The van der Waals surface area contributed by atoms with Crippen LogP contribution in [0, 0.1) is 0 Å². The van der Waals surface area contributed by atoms with Gasteiger partial charge in [0.25, 0.3) is 0 Å². The molecule has 0 saturated heterocycles. The molecular weight excluding hydrogens is 294 g/mol. The van der Waals surface area contributed by atoms with Gasteiger partial charge in [-0.05, 0) is 32.1 Å². The van der Waals surface area contributed by atoms with Crippen molar-refractivity contribution in [3.05, 3.63) is 12.2 Å². The Bertz CT molecular complexity index is 243. The average molecular weight is 330 g/mol. The molecular formula is C18H36Na2O2. The van der Waals surface area contributed by atoms with Crippen LogP contribution in [0.15, 0.2) is 12.2 Å². The zero-order valence-corrected chi connectivity index (χ0v) is 13.4. The first-order valence-corrected chi connectivity index (χ1v) is 8.64. The Morgan fingerprint density at radius 3 is 1.59 bits per heavy atom. The SMILES string of the molecule is CCCCCCCCC=CCCCCCCCC(=O)O.[NaH].[NaH]. The molecule has 0 aromatic rings. The summed E-state index contributed by atoms with van der Waals surface area (Å²) in [5.41, 5.74) is 0. The van der Waals surface area contributed by atoms with E-state index in [2.05, 4.69) is 19.1 Å². The quantitative estimate of drug-likeness (QED) is 0.266. The van der Waals surface area contributed by atoms with Crippen molar-refractivity contribution in [1.82, 2.24) is 0 Å². The molecule has 4 heteroatoms. The Morgan fingerprint density at radius 2 is 1.14 bits per heavy atom. The first kappa shape index (κ1) is 28.0. The monoisotopic (exact) mass is 330 g/mol. The second-order valence-corrected chi connectivity index (χ2v) is 5.73. The molecule has 0 atom stereocenters. The van der Waals surface area contributed by atoms with Gasteiger partial charge in [-0.2, -0.15) is 0 Å². The van der Waals surface area contributed by atoms with Crippen LogP contribution in [-0.2, 0) is 4.79 Å². The van der Waals surface area contributed by atoms with Crippen molar-refractivity contribution >= 4 is 65.1 Å². The van der Waals surface area contributed by atoms with E-state index in [4.69, 9.17) is 5.11 Å². The molecule has 122 valence electrons. The molecule has 0 rings (SSSR count). The van der Waals surface area contributed by atoms with Crippen LogP contribution in [0.5, 0.6) is 0 Å². The number of hydrogen-bond donors (Lipinski definition) is 1. The maximum absolute atomic E-state index is 10.3. The molecule has 0 aromatic heterocycles. The van der Waals surface area contributed by atoms with Crippen LogP contribution in [0.3, 0.4) is 0 Å². The van der Waals surface area contributed by atoms with Gasteiger partial charge in [0.15, 0.2) is 0 Å². The molecule has 0 unspecified atom stereocenters. The van der Waals surface area contributed by atoms with E-state index in [-0.39, 0.29) is 59.1 Å². The number of carboxylic acids is 1. The summed E-state index contributed by atoms with van der Waals surface area (Å²) in [6.45, 7) is 2.26. The molecule has 1 N–H and O–H groups in total. The van der Waals surface area contributed by atoms with Crippen LogP contribution in [0.1, 0.15) is 96.8 Å². The van der Waals surface area contributed by atoms with Crippen molar-refractivity contribution < 1.29 is 9.90 Å². The number of unbranched alkanes of at least 4 members (excludes halogenated alkanes) is 11. The Balaban J connectivity index is -0.00000180. The zero-order chi connectivity index (χ0) is 14.9. The fourth-order valence-electron chi connectivity index (χ4n) is 2.35. The number of allylic oxidation sites excluding steroid dienone is 2. The van der Waals surface area contributed by atoms with Crippen LogP contribution >= 0.6 is 0 Å². The number of aliphatic carboxylic acids is 1. The summed E-state index contributed by atoms with van der Waals surface area (Å²) in [6.07, 6.45) is 21.2. The Kier molecular flexibility index (Phi) is 31.2. The summed E-state index contributed by atoms with van der Waals surface area (Å²) in [5, 5.41) is 8.51. The van der Waals surface area contributed by atoms with Crippen molar-refractivity contribution in [3.63, 3.8) is 0 Å². The molecule has 22 heavy (non-hydrogen) atoms. The van der Waals surface area contributed by atoms with Gasteiger partial charge in [-0.25, -0.2) is 0 Å². The summed E-state index contributed by atoms with van der Waals surface area (Å²) < 4.78 is 0. The van der Waals surface area contributed by atoms with Gasteiger partial charge in [-0.15, -0.1) is 0 Å². The van der Waals surface area contributed by atoms with Crippen LogP contribution in [0.2, 0.25) is 0 Å². The molecule has 0 aliphatic carbocycles. The summed E-state index contributed by atoms with van der Waals surface area (Å²) in [4.78, 5) is 10.3. The van der Waals surface area contributed by atoms with Crippen molar-refractivity contribution in [1.29, 1.82) is 0 Å². The first-order chi connectivity index (χ1) is 9.77. The van der Waals surface area contributed by atoms with Crippen molar-refractivity contribution in [3.8, 4) is 0 Å². The Labute approximate surface area is 182 Å². The van der Waals surface area contributed by atoms with Gasteiger partial charge in [-0.1, -0.05) is 70.4 Å². The molecule has 0 aromatic carbocycles. The molecule has 0 aliphatic heterocycles. The minimum absolute atomic E-state index is 0. The average Bonchev–Trinajstić information content (AvgIpc) is 2.43. The summed E-state index contributed by atoms with van der Waals surface area (Å²) in [7, 11) is 0. The van der Waals surface area contributed by atoms with Crippen LogP contribution in [-0.4, -0.2) is 70.2 Å². The van der Waals surface area contributed by atoms with Crippen LogP contribution in [0.25, 0.3) is 0 Å². The summed E-state index contributed by atoms with van der Waals surface area (Å²) in [5.74, 6) is -0.664. The van der Waals surface area contributed by atoms with Gasteiger partial charge in [0.2, 0.25) is 0 Å². The molecule has 0 saturated carbocycles. The van der Waals surface area contributed by atoms with Gasteiger partial charge in [0, 0.05) is 6.42 Å². The second kappa shape index (κ2) is 24.5. The van der Waals surface area contributed by atoms with E-state index in [0.717, 1.165) is 12.8 Å². The van der Waals surface area contributed by atoms with Gasteiger partial charge in [0.1, 0.15) is 0 Å². The zero-order valence-electron chi connectivity index (χ0n) is 13.4. The van der Waals surface area contributed by atoms with Crippen molar-refractivity contribution in [2.24, 2.45) is 0 Å². The fraction of sp³-hybridized carbons (Fsp3) is 0.833. The molecule has 0 fully saturated rings. The van der Waals surface area contributed by atoms with Gasteiger partial charge >= 0.3 is 65.1 Å². The van der Waals surface area contributed by atoms with E-state index in [1.807, 2.05) is 0 Å². The van der Waals surface area contributed by atoms with E-state index < -0.39 is 5.97 Å². The molecule has 0 heterocycles. The molecule has 0 spiro atoms. The molecule has 0 aliphatic rings. The normalized spacial score (nSPS) is 10.2. The van der Waals surface area contributed by atoms with Gasteiger partial charge in [0.05, 0.1) is 0 Å². The van der Waals surface area contributed by atoms with Crippen LogP contribution < -0.4 is 0 Å². The third-order valence-corrected chi connectivity index (χ3v) is 3.65. The topological polar surface area (TPSA) is 37.3 Å². The number of carbonyl (C=O) groups is 1. The Hall–Kier alpha value is 1.21. The van der Waals surface area contributed by atoms with E-state index in [1.165, 1.54) is 70.6 Å². The third kappa shape index (κ3) is 26.1. The third-order valence-electron chi connectivity index (χ3n) is 3.65. The fourth-order valence-corrected chi connectivity index (χ4v) is 2.35. The van der Waals surface area contributed by atoms with Gasteiger partial charge in [-0.3, -0.25) is 4.79 Å². The number of carboxylic acid groups (broad SMARTS) is 1. The minimum atomic E-state index is -0.664. The van der Waals surface area contributed by atoms with E-state index in [0.29, 0.717) is 6.42 Å². The molecule has 0 amide bonds. The summed E-state index contributed by atoms with van der Waals surface area (Å²) >= 11 is 0. The number of rotatable bonds is 15. The Morgan fingerprint density at radius 1 is 0.727 bits per heavy atom. The van der Waals surface area contributed by atoms with Crippen LogP contribution in [0.4, 0.5) is 0 Å². The van der Waals surface area contributed by atoms with E-state index in [1.54, 1.807) is 0 Å². The second-order valence-electron chi connectivity index (χ2n) is 5.73. The molecule has 0 radical (unpaired) electrons. The van der Waals surface area contributed by atoms with E-state index >= 15 is 0 Å². The number of hydrogen-bond acceptors (Lipinski definition) is 1. The molecule has 0 bridgehead atoms. The van der Waals surface area contributed by atoms with Gasteiger partial charge < -0.3 is 5.11 Å². The standard InChI is InChI=1S/C18H34O2.2Na.2H/c1-2-3-4-5-6-7-8-9-10-11-12-13-14-15-16-17-18(19)20;;;;/h9-10H,2-8,11-17H2,1H3,(H,19,20);;;;. The predicted molar refractivity (Wildman–Crippen MR) is 101 cm³/mol. The van der Waals surface area contributed by atoms with Crippen molar-refractivity contribution in [2.75, 3.05) is 0 Å². The molecule has 2 nitrogen and oxygen atoms in total. The predicted octanol–water partition coefficient (Wildman–Crippen LogP) is 4.81. The van der Waals surface area contributed by atoms with Crippen molar-refractivity contribution in [2.45, 2.75) is 96.8 Å². The summed E-state index contributed by atoms with van der Waals surface area (Å²) in [6, 6.07) is 0.